The van der Waals surface area contributed by atoms with Crippen LogP contribution in [0.15, 0.2) is 94.5 Å². The molecule has 0 spiro atoms. The largest absolute Gasteiger partial charge is 0.338 e. The number of aromatic nitrogens is 2. The molecule has 4 nitrogen and oxygen atoms in total. The van der Waals surface area contributed by atoms with E-state index >= 15 is 0 Å². The van der Waals surface area contributed by atoms with Gasteiger partial charge in [-0.15, -0.1) is 0 Å². The molecule has 0 saturated heterocycles. The van der Waals surface area contributed by atoms with Crippen molar-refractivity contribution in [1.82, 2.24) is 9.97 Å². The third kappa shape index (κ3) is 3.71. The van der Waals surface area contributed by atoms with Gasteiger partial charge in [-0.2, -0.15) is 0 Å². The zero-order valence-electron chi connectivity index (χ0n) is 16.9. The lowest BCUT2D eigenvalue weighted by Crippen LogP contribution is -2.29. The summed E-state index contributed by atoms with van der Waals surface area (Å²) in [7, 11) is 0. The van der Waals surface area contributed by atoms with Gasteiger partial charge in [-0.25, -0.2) is 4.98 Å². The number of allylic oxidation sites excluding steroid dienone is 4. The highest BCUT2D eigenvalue weighted by molar-refractivity contribution is 6.33. The molecule has 1 N–H and O–H groups in total. The van der Waals surface area contributed by atoms with Gasteiger partial charge < -0.3 is 4.98 Å². The summed E-state index contributed by atoms with van der Waals surface area (Å²) in [6, 6.07) is 17.7. The van der Waals surface area contributed by atoms with E-state index in [1.165, 1.54) is 0 Å². The molecular formula is C26H20ClN3O. The number of imidazole rings is 1. The van der Waals surface area contributed by atoms with Crippen LogP contribution in [0, 0.1) is 5.92 Å². The van der Waals surface area contributed by atoms with Gasteiger partial charge in [0, 0.05) is 22.2 Å². The minimum Gasteiger partial charge on any atom is -0.338 e. The monoisotopic (exact) mass is 425 g/mol. The number of hydrogen-bond acceptors (Lipinski definition) is 3. The number of hydrogen-bond donors (Lipinski definition) is 1. The Labute approximate surface area is 185 Å². The number of aromatic amines is 1. The van der Waals surface area contributed by atoms with Crippen molar-refractivity contribution in [2.75, 3.05) is 0 Å². The van der Waals surface area contributed by atoms with Crippen LogP contribution in [0.5, 0.6) is 0 Å². The van der Waals surface area contributed by atoms with Crippen molar-refractivity contribution in [3.05, 3.63) is 101 Å². The second-order valence-corrected chi connectivity index (χ2v) is 8.07. The second-order valence-electron chi connectivity index (χ2n) is 7.63. The van der Waals surface area contributed by atoms with Gasteiger partial charge in [0.05, 0.1) is 17.1 Å². The minimum atomic E-state index is -0.0990. The van der Waals surface area contributed by atoms with E-state index in [1.54, 1.807) is 12.2 Å². The normalized spacial score (nSPS) is 20.7. The van der Waals surface area contributed by atoms with Crippen LogP contribution in [0.25, 0.3) is 22.7 Å². The highest BCUT2D eigenvalue weighted by Gasteiger charge is 2.33. The fourth-order valence-corrected chi connectivity index (χ4v) is 4.43. The van der Waals surface area contributed by atoms with E-state index in [4.69, 9.17) is 16.6 Å². The average Bonchev–Trinajstić information content (AvgIpc) is 3.20. The van der Waals surface area contributed by atoms with E-state index in [2.05, 4.69) is 9.97 Å². The second kappa shape index (κ2) is 7.97. The van der Waals surface area contributed by atoms with Crippen molar-refractivity contribution in [3.8, 4) is 0 Å². The number of aliphatic imine (C=N–C) groups is 1. The molecule has 0 amide bonds. The Bertz CT molecular complexity index is 1290. The summed E-state index contributed by atoms with van der Waals surface area (Å²) < 4.78 is 0. The van der Waals surface area contributed by atoms with E-state index in [-0.39, 0.29) is 17.7 Å². The fraction of sp³-hybridized carbons (Fsp3) is 0.115. The summed E-state index contributed by atoms with van der Waals surface area (Å²) in [6.45, 7) is 1.90. The first-order valence-corrected chi connectivity index (χ1v) is 10.5. The molecule has 31 heavy (non-hydrogen) atoms. The number of benzene rings is 2. The molecule has 3 aromatic rings. The summed E-state index contributed by atoms with van der Waals surface area (Å²) >= 11 is 6.32. The van der Waals surface area contributed by atoms with Gasteiger partial charge >= 0.3 is 0 Å². The molecule has 0 fully saturated rings. The molecule has 152 valence electrons. The van der Waals surface area contributed by atoms with Gasteiger partial charge in [-0.1, -0.05) is 66.2 Å². The maximum atomic E-state index is 13.4. The number of halogens is 1. The molecule has 1 aliphatic heterocycles. The van der Waals surface area contributed by atoms with Crippen LogP contribution in [-0.2, 0) is 4.79 Å². The standard InChI is InChI=1S/C26H20ClN3O/c1-16-25(23(31)13-14-24-29-21-9-5-6-10-22(21)30-24)26(17-7-3-2-4-8-17)19-15-18(27)11-12-20(19)28-16/h2-15,19-20H,1H3,(H,29,30)/b14-13-/t19-,20-/m1/s1. The summed E-state index contributed by atoms with van der Waals surface area (Å²) in [5.74, 6) is 0.462. The van der Waals surface area contributed by atoms with Crippen LogP contribution < -0.4 is 0 Å². The van der Waals surface area contributed by atoms with Crippen LogP contribution in [0.4, 0.5) is 0 Å². The number of carbonyl (C=O) groups is 1. The number of H-pyrrole nitrogens is 1. The summed E-state index contributed by atoms with van der Waals surface area (Å²) in [5, 5.41) is 0.661. The number of nitrogens with zero attached hydrogens (tertiary/aromatic N) is 2. The molecule has 1 aromatic heterocycles. The fourth-order valence-electron chi connectivity index (χ4n) is 4.22. The lowest BCUT2D eigenvalue weighted by molar-refractivity contribution is -0.110. The number of rotatable bonds is 4. The lowest BCUT2D eigenvalue weighted by atomic mass is 9.77. The Morgan fingerprint density at radius 1 is 1.10 bits per heavy atom. The Kier molecular flexibility index (Phi) is 5.00. The van der Waals surface area contributed by atoms with Crippen molar-refractivity contribution < 1.29 is 4.79 Å². The van der Waals surface area contributed by atoms with Gasteiger partial charge in [0.2, 0.25) is 0 Å². The Balaban J connectivity index is 1.58. The predicted molar refractivity (Wildman–Crippen MR) is 127 cm³/mol. The van der Waals surface area contributed by atoms with Gasteiger partial charge in [0.1, 0.15) is 5.82 Å². The van der Waals surface area contributed by atoms with Crippen LogP contribution >= 0.6 is 11.6 Å². The first-order valence-electron chi connectivity index (χ1n) is 10.2. The van der Waals surface area contributed by atoms with Crippen molar-refractivity contribution in [2.24, 2.45) is 10.9 Å². The number of para-hydroxylation sites is 2. The van der Waals surface area contributed by atoms with Crippen LogP contribution in [0.1, 0.15) is 18.3 Å². The Morgan fingerprint density at radius 2 is 1.87 bits per heavy atom. The number of carbonyl (C=O) groups excluding carboxylic acids is 1. The highest BCUT2D eigenvalue weighted by atomic mass is 35.5. The van der Waals surface area contributed by atoms with Gasteiger partial charge in [0.15, 0.2) is 5.78 Å². The highest BCUT2D eigenvalue weighted by Crippen LogP contribution is 2.40. The zero-order chi connectivity index (χ0) is 21.4. The SMILES string of the molecule is CC1=N[C@@H]2C=CC(Cl)=C[C@H]2C(c2ccccc2)=C1C(=O)/C=C\c1nc2ccccc2[nH]1. The van der Waals surface area contributed by atoms with Crippen LogP contribution in [0.2, 0.25) is 0 Å². The number of fused-ring (bicyclic) bond motifs is 2. The molecule has 0 unspecified atom stereocenters. The molecule has 2 atom stereocenters. The van der Waals surface area contributed by atoms with E-state index in [0.717, 1.165) is 27.9 Å². The Morgan fingerprint density at radius 3 is 2.68 bits per heavy atom. The van der Waals surface area contributed by atoms with E-state index in [0.29, 0.717) is 16.4 Å². The van der Waals surface area contributed by atoms with E-state index < -0.39 is 0 Å². The summed E-state index contributed by atoms with van der Waals surface area (Å²) in [5.41, 5.74) is 5.12. The summed E-state index contributed by atoms with van der Waals surface area (Å²) in [6.07, 6.45) is 9.16. The topological polar surface area (TPSA) is 58.1 Å². The van der Waals surface area contributed by atoms with Crippen molar-refractivity contribution >= 4 is 45.8 Å². The maximum Gasteiger partial charge on any atom is 0.188 e. The molecule has 5 heteroatoms. The van der Waals surface area contributed by atoms with Crippen molar-refractivity contribution in [1.29, 1.82) is 0 Å². The molecule has 0 saturated carbocycles. The zero-order valence-corrected chi connectivity index (χ0v) is 17.7. The molecule has 0 bridgehead atoms. The first-order chi connectivity index (χ1) is 15.1. The third-order valence-corrected chi connectivity index (χ3v) is 5.85. The number of ketones is 1. The molecule has 0 radical (unpaired) electrons. The quantitative estimate of drug-likeness (QED) is 0.541. The van der Waals surface area contributed by atoms with Gasteiger partial charge in [0.25, 0.3) is 0 Å². The molecule has 2 aromatic carbocycles. The molecule has 1 aliphatic carbocycles. The molecular weight excluding hydrogens is 406 g/mol. The number of dihydropyridines is 1. The van der Waals surface area contributed by atoms with E-state index in [9.17, 15) is 4.79 Å². The van der Waals surface area contributed by atoms with E-state index in [1.807, 2.05) is 79.7 Å². The lowest BCUT2D eigenvalue weighted by Gasteiger charge is -2.31. The Hall–Kier alpha value is -3.50. The molecule has 2 heterocycles. The smallest absolute Gasteiger partial charge is 0.188 e. The third-order valence-electron chi connectivity index (χ3n) is 5.60. The predicted octanol–water partition coefficient (Wildman–Crippen LogP) is 5.75. The number of nitrogens with one attached hydrogen (secondary N) is 1. The first kappa shape index (κ1) is 19.5. The van der Waals surface area contributed by atoms with Crippen molar-refractivity contribution in [2.45, 2.75) is 13.0 Å². The van der Waals surface area contributed by atoms with Crippen molar-refractivity contribution in [3.63, 3.8) is 0 Å². The minimum absolute atomic E-state index is 0.0615. The van der Waals surface area contributed by atoms with Crippen LogP contribution in [-0.4, -0.2) is 27.5 Å². The molecule has 5 rings (SSSR count). The molecule has 2 aliphatic rings. The van der Waals surface area contributed by atoms with Gasteiger partial charge in [-0.3, -0.25) is 9.79 Å². The maximum absolute atomic E-state index is 13.4. The van der Waals surface area contributed by atoms with Gasteiger partial charge in [-0.05, 0) is 48.4 Å². The average molecular weight is 426 g/mol. The summed E-state index contributed by atoms with van der Waals surface area (Å²) in [4.78, 5) is 25.9. The van der Waals surface area contributed by atoms with Crippen LogP contribution in [0.3, 0.4) is 0 Å².